The zero-order valence-corrected chi connectivity index (χ0v) is 17.1. The summed E-state index contributed by atoms with van der Waals surface area (Å²) in [6.07, 6.45) is 2.67. The highest BCUT2D eigenvalue weighted by Gasteiger charge is 2.24. The Morgan fingerprint density at radius 2 is 1.46 bits per heavy atom. The van der Waals surface area contributed by atoms with E-state index in [1.807, 2.05) is 6.07 Å². The second-order valence-electron chi connectivity index (χ2n) is 8.16. The van der Waals surface area contributed by atoms with Gasteiger partial charge in [-0.3, -0.25) is 9.80 Å². The number of ether oxygens (including phenoxy) is 1. The zero-order chi connectivity index (χ0) is 19.2. The molecule has 0 aliphatic carbocycles. The summed E-state index contributed by atoms with van der Waals surface area (Å²) in [4.78, 5) is 7.76. The van der Waals surface area contributed by atoms with Crippen LogP contribution in [0.15, 0.2) is 54.6 Å². The van der Waals surface area contributed by atoms with E-state index < -0.39 is 0 Å². The summed E-state index contributed by atoms with van der Waals surface area (Å²) in [5, 5.41) is 0. The van der Waals surface area contributed by atoms with Crippen LogP contribution in [0.3, 0.4) is 0 Å². The number of piperidine rings is 1. The van der Waals surface area contributed by atoms with Crippen LogP contribution in [-0.4, -0.2) is 62.7 Å². The van der Waals surface area contributed by atoms with Gasteiger partial charge in [0.05, 0.1) is 12.8 Å². The van der Waals surface area contributed by atoms with E-state index >= 15 is 0 Å². The van der Waals surface area contributed by atoms with Gasteiger partial charge in [0.15, 0.2) is 0 Å². The minimum atomic E-state index is 0.852. The van der Waals surface area contributed by atoms with Crippen LogP contribution in [0.4, 0.5) is 5.69 Å². The van der Waals surface area contributed by atoms with Crippen molar-refractivity contribution in [3.63, 3.8) is 0 Å². The van der Waals surface area contributed by atoms with E-state index in [1.165, 1.54) is 43.7 Å². The van der Waals surface area contributed by atoms with Crippen LogP contribution in [0.1, 0.15) is 18.4 Å². The Balaban J connectivity index is 1.21. The predicted molar refractivity (Wildman–Crippen MR) is 116 cm³/mol. The molecule has 2 saturated heterocycles. The third kappa shape index (κ3) is 4.86. The number of hydrogen-bond acceptors (Lipinski definition) is 4. The molecule has 0 saturated carbocycles. The lowest BCUT2D eigenvalue weighted by Crippen LogP contribution is -2.49. The first-order chi connectivity index (χ1) is 13.8. The molecule has 0 bridgehead atoms. The van der Waals surface area contributed by atoms with E-state index in [4.69, 9.17) is 4.74 Å². The van der Waals surface area contributed by atoms with Crippen molar-refractivity contribution < 1.29 is 4.74 Å². The zero-order valence-electron chi connectivity index (χ0n) is 17.1. The van der Waals surface area contributed by atoms with Crippen LogP contribution < -0.4 is 9.64 Å². The van der Waals surface area contributed by atoms with Crippen molar-refractivity contribution in [3.8, 4) is 5.75 Å². The molecule has 0 aromatic heterocycles. The molecule has 4 nitrogen and oxygen atoms in total. The lowest BCUT2D eigenvalue weighted by atomic mass is 9.95. The molecule has 2 aliphatic heterocycles. The summed E-state index contributed by atoms with van der Waals surface area (Å²) in [7, 11) is 1.76. The average Bonchev–Trinajstić information content (AvgIpc) is 2.76. The van der Waals surface area contributed by atoms with E-state index in [0.29, 0.717) is 0 Å². The molecule has 2 fully saturated rings. The highest BCUT2D eigenvalue weighted by molar-refractivity contribution is 5.58. The largest absolute Gasteiger partial charge is 0.495 e. The molecule has 4 rings (SSSR count). The van der Waals surface area contributed by atoms with Crippen molar-refractivity contribution in [1.29, 1.82) is 0 Å². The van der Waals surface area contributed by atoms with Crippen LogP contribution in [-0.2, 0) is 6.54 Å². The Morgan fingerprint density at radius 3 is 2.18 bits per heavy atom. The molecule has 150 valence electrons. The Kier molecular flexibility index (Phi) is 6.50. The predicted octanol–water partition coefficient (Wildman–Crippen LogP) is 3.73. The Hall–Kier alpha value is -2.04. The van der Waals surface area contributed by atoms with Gasteiger partial charge in [0.25, 0.3) is 0 Å². The quantitative estimate of drug-likeness (QED) is 0.761. The second kappa shape index (κ2) is 9.44. The lowest BCUT2D eigenvalue weighted by Gasteiger charge is -2.40. The van der Waals surface area contributed by atoms with Crippen molar-refractivity contribution in [2.75, 3.05) is 57.8 Å². The number of nitrogens with zero attached hydrogens (tertiary/aromatic N) is 3. The van der Waals surface area contributed by atoms with Gasteiger partial charge in [-0.05, 0) is 49.5 Å². The van der Waals surface area contributed by atoms with Gasteiger partial charge in [0.2, 0.25) is 0 Å². The van der Waals surface area contributed by atoms with Crippen molar-refractivity contribution >= 4 is 5.69 Å². The number of para-hydroxylation sites is 2. The molecule has 2 aromatic rings. The molecule has 2 aliphatic rings. The molecule has 28 heavy (non-hydrogen) atoms. The Labute approximate surface area is 169 Å². The third-order valence-corrected chi connectivity index (χ3v) is 6.27. The first-order valence-corrected chi connectivity index (χ1v) is 10.7. The van der Waals surface area contributed by atoms with E-state index in [2.05, 4.69) is 63.2 Å². The maximum Gasteiger partial charge on any atom is 0.142 e. The third-order valence-electron chi connectivity index (χ3n) is 6.27. The second-order valence-corrected chi connectivity index (χ2v) is 8.16. The van der Waals surface area contributed by atoms with Gasteiger partial charge in [-0.15, -0.1) is 0 Å². The maximum atomic E-state index is 5.54. The SMILES string of the molecule is COc1ccccc1N1CCN(CC2CCN(Cc3ccccc3)CC2)CC1. The number of anilines is 1. The molecule has 0 spiro atoms. The number of piperazine rings is 1. The fourth-order valence-corrected chi connectivity index (χ4v) is 4.60. The summed E-state index contributed by atoms with van der Waals surface area (Å²) < 4.78 is 5.54. The van der Waals surface area contributed by atoms with Crippen molar-refractivity contribution in [3.05, 3.63) is 60.2 Å². The highest BCUT2D eigenvalue weighted by atomic mass is 16.5. The highest BCUT2D eigenvalue weighted by Crippen LogP contribution is 2.29. The summed E-state index contributed by atoms with van der Waals surface area (Å²) in [5.41, 5.74) is 2.67. The smallest absolute Gasteiger partial charge is 0.142 e. The van der Waals surface area contributed by atoms with Gasteiger partial charge in [-0.2, -0.15) is 0 Å². The molecule has 2 heterocycles. The minimum Gasteiger partial charge on any atom is -0.495 e. The molecule has 0 unspecified atom stereocenters. The molecule has 0 amide bonds. The van der Waals surface area contributed by atoms with Gasteiger partial charge in [-0.25, -0.2) is 0 Å². The van der Waals surface area contributed by atoms with Crippen LogP contribution in [0.25, 0.3) is 0 Å². The molecule has 0 N–H and O–H groups in total. The Bertz CT molecular complexity index is 720. The lowest BCUT2D eigenvalue weighted by molar-refractivity contribution is 0.135. The molecule has 0 radical (unpaired) electrons. The minimum absolute atomic E-state index is 0.852. The number of hydrogen-bond donors (Lipinski definition) is 0. The topological polar surface area (TPSA) is 19.0 Å². The molecule has 4 heteroatoms. The summed E-state index contributed by atoms with van der Waals surface area (Å²) >= 11 is 0. The van der Waals surface area contributed by atoms with E-state index in [0.717, 1.165) is 44.4 Å². The number of rotatable bonds is 6. The number of methoxy groups -OCH3 is 1. The Morgan fingerprint density at radius 1 is 0.786 bits per heavy atom. The van der Waals surface area contributed by atoms with Gasteiger partial charge >= 0.3 is 0 Å². The monoisotopic (exact) mass is 379 g/mol. The maximum absolute atomic E-state index is 5.54. The summed E-state index contributed by atoms with van der Waals surface area (Å²) in [6, 6.07) is 19.3. The van der Waals surface area contributed by atoms with Gasteiger partial charge in [-0.1, -0.05) is 42.5 Å². The van der Waals surface area contributed by atoms with Gasteiger partial charge in [0, 0.05) is 39.3 Å². The first-order valence-electron chi connectivity index (χ1n) is 10.7. The molecule has 0 atom stereocenters. The van der Waals surface area contributed by atoms with Gasteiger partial charge in [0.1, 0.15) is 5.75 Å². The average molecular weight is 380 g/mol. The molecular formula is C24H33N3O. The van der Waals surface area contributed by atoms with Gasteiger partial charge < -0.3 is 9.64 Å². The normalized spacial score (nSPS) is 19.7. The standard InChI is InChI=1S/C24H33N3O/c1-28-24-10-6-5-9-23(24)27-17-15-26(16-18-27)20-22-11-13-25(14-12-22)19-21-7-3-2-4-8-21/h2-10,22H,11-20H2,1H3. The van der Waals surface area contributed by atoms with Crippen LogP contribution >= 0.6 is 0 Å². The van der Waals surface area contributed by atoms with Crippen LogP contribution in [0.5, 0.6) is 5.75 Å². The van der Waals surface area contributed by atoms with Crippen molar-refractivity contribution in [2.45, 2.75) is 19.4 Å². The van der Waals surface area contributed by atoms with E-state index in [1.54, 1.807) is 7.11 Å². The van der Waals surface area contributed by atoms with Crippen molar-refractivity contribution in [1.82, 2.24) is 9.80 Å². The summed E-state index contributed by atoms with van der Waals surface area (Å²) in [5.74, 6) is 1.84. The molecule has 2 aromatic carbocycles. The number of benzene rings is 2. The molecular weight excluding hydrogens is 346 g/mol. The van der Waals surface area contributed by atoms with Crippen molar-refractivity contribution in [2.24, 2.45) is 5.92 Å². The van der Waals surface area contributed by atoms with E-state index in [-0.39, 0.29) is 0 Å². The fraction of sp³-hybridized carbons (Fsp3) is 0.500. The van der Waals surface area contributed by atoms with Crippen LogP contribution in [0.2, 0.25) is 0 Å². The fourth-order valence-electron chi connectivity index (χ4n) is 4.60. The van der Waals surface area contributed by atoms with E-state index in [9.17, 15) is 0 Å². The summed E-state index contributed by atoms with van der Waals surface area (Å²) in [6.45, 7) is 9.33. The van der Waals surface area contributed by atoms with Crippen LogP contribution in [0, 0.1) is 5.92 Å². The first kappa shape index (κ1) is 19.3. The number of likely N-dealkylation sites (tertiary alicyclic amines) is 1.